The SMILES string of the molecule is C[C@@]12C=CCCOC(=O)[C@@H]1[C@H]1C(=O)N(CCCCO)C3C(=O)N(c4ccc(Cl)cc4)CC=C[C@@]31S2. The number of fused-ring (bicyclic) bond motifs is 2. The van der Waals surface area contributed by atoms with Gasteiger partial charge in [0.15, 0.2) is 0 Å². The third-order valence-electron chi connectivity index (χ3n) is 7.47. The van der Waals surface area contributed by atoms with Gasteiger partial charge in [0.25, 0.3) is 5.91 Å². The molecule has 7 nitrogen and oxygen atoms in total. The highest BCUT2D eigenvalue weighted by Gasteiger charge is 2.73. The van der Waals surface area contributed by atoms with E-state index >= 15 is 0 Å². The van der Waals surface area contributed by atoms with Crippen LogP contribution < -0.4 is 4.90 Å². The number of ether oxygens (including phenoxy) is 1. The Hall–Kier alpha value is -2.29. The van der Waals surface area contributed by atoms with E-state index in [4.69, 9.17) is 16.3 Å². The molecular weight excluding hydrogens is 488 g/mol. The van der Waals surface area contributed by atoms with Gasteiger partial charge in [0.2, 0.25) is 5.91 Å². The van der Waals surface area contributed by atoms with Gasteiger partial charge in [-0.25, -0.2) is 0 Å². The summed E-state index contributed by atoms with van der Waals surface area (Å²) >= 11 is 7.61. The van der Waals surface area contributed by atoms with Crippen molar-refractivity contribution in [2.75, 3.05) is 31.2 Å². The summed E-state index contributed by atoms with van der Waals surface area (Å²) in [5.41, 5.74) is 0.701. The van der Waals surface area contributed by atoms with Crippen LogP contribution in [0.5, 0.6) is 0 Å². The first-order chi connectivity index (χ1) is 16.8. The molecule has 2 amide bonds. The largest absolute Gasteiger partial charge is 0.465 e. The number of carbonyl (C=O) groups is 3. The summed E-state index contributed by atoms with van der Waals surface area (Å²) in [5, 5.41) is 9.89. The first-order valence-electron chi connectivity index (χ1n) is 12.0. The van der Waals surface area contributed by atoms with Gasteiger partial charge >= 0.3 is 5.97 Å². The number of thioether (sulfide) groups is 1. The fraction of sp³-hybridized carbons (Fsp3) is 0.500. The Bertz CT molecular complexity index is 1090. The zero-order valence-electron chi connectivity index (χ0n) is 19.6. The third kappa shape index (κ3) is 3.90. The van der Waals surface area contributed by atoms with Gasteiger partial charge in [-0.2, -0.15) is 0 Å². The maximum absolute atomic E-state index is 14.2. The molecule has 186 valence electrons. The van der Waals surface area contributed by atoms with Crippen molar-refractivity contribution in [1.82, 2.24) is 4.90 Å². The fourth-order valence-corrected chi connectivity index (χ4v) is 8.25. The quantitative estimate of drug-likeness (QED) is 0.367. The normalized spacial score (nSPS) is 34.1. The third-order valence-corrected chi connectivity index (χ3v) is 9.51. The number of cyclic esters (lactones) is 1. The molecule has 1 unspecified atom stereocenters. The van der Waals surface area contributed by atoms with E-state index in [0.29, 0.717) is 43.1 Å². The van der Waals surface area contributed by atoms with Gasteiger partial charge in [0.05, 0.1) is 23.2 Å². The number of rotatable bonds is 5. The average molecular weight is 517 g/mol. The lowest BCUT2D eigenvalue weighted by Gasteiger charge is -2.37. The van der Waals surface area contributed by atoms with Gasteiger partial charge in [-0.1, -0.05) is 35.9 Å². The minimum atomic E-state index is -0.901. The van der Waals surface area contributed by atoms with Crippen LogP contribution in [0.3, 0.4) is 0 Å². The highest BCUT2D eigenvalue weighted by Crippen LogP contribution is 2.65. The standard InChI is InChI=1S/C26H29ClN2O5S/c1-25-11-2-5-16-34-24(33)20(25)19-22(31)29(13-3-4-15-30)21-23(32)28(14-6-12-26(19,21)35-25)18-9-7-17(27)8-10-18/h2,6-12,19-21,30H,3-5,13-16H2,1H3/t19-,20-,21?,25+,26-/m0/s1. The van der Waals surface area contributed by atoms with Crippen molar-refractivity contribution in [3.63, 3.8) is 0 Å². The van der Waals surface area contributed by atoms with Crippen molar-refractivity contribution in [1.29, 1.82) is 0 Å². The van der Waals surface area contributed by atoms with E-state index in [1.807, 2.05) is 31.2 Å². The molecule has 1 spiro atoms. The fourth-order valence-electron chi connectivity index (χ4n) is 5.97. The van der Waals surface area contributed by atoms with Crippen LogP contribution in [0.25, 0.3) is 0 Å². The number of hydrogen-bond acceptors (Lipinski definition) is 6. The topological polar surface area (TPSA) is 87.1 Å². The number of benzene rings is 1. The second-order valence-corrected chi connectivity index (χ2v) is 11.9. The van der Waals surface area contributed by atoms with Crippen molar-refractivity contribution in [3.05, 3.63) is 53.6 Å². The summed E-state index contributed by atoms with van der Waals surface area (Å²) in [6.07, 6.45) is 9.67. The number of aliphatic hydroxyl groups excluding tert-OH is 1. The highest BCUT2D eigenvalue weighted by molar-refractivity contribution is 8.02. The molecule has 0 radical (unpaired) electrons. The predicted octanol–water partition coefficient (Wildman–Crippen LogP) is 3.21. The van der Waals surface area contributed by atoms with Crippen LogP contribution in [0.1, 0.15) is 26.2 Å². The Morgan fingerprint density at radius 3 is 2.60 bits per heavy atom. The van der Waals surface area contributed by atoms with Gasteiger partial charge in [-0.3, -0.25) is 14.4 Å². The number of esters is 1. The van der Waals surface area contributed by atoms with Crippen LogP contribution in [0.15, 0.2) is 48.6 Å². The average Bonchev–Trinajstić information content (AvgIpc) is 3.14. The van der Waals surface area contributed by atoms with Gasteiger partial charge < -0.3 is 19.6 Å². The monoisotopic (exact) mass is 516 g/mol. The van der Waals surface area contributed by atoms with Crippen molar-refractivity contribution in [2.24, 2.45) is 11.8 Å². The Morgan fingerprint density at radius 2 is 1.86 bits per heavy atom. The summed E-state index contributed by atoms with van der Waals surface area (Å²) in [4.78, 5) is 44.8. The molecule has 35 heavy (non-hydrogen) atoms. The number of unbranched alkanes of at least 4 members (excludes halogenated alkanes) is 1. The van der Waals surface area contributed by atoms with Crippen molar-refractivity contribution < 1.29 is 24.2 Å². The molecule has 4 heterocycles. The van der Waals surface area contributed by atoms with Gasteiger partial charge in [-0.05, 0) is 50.5 Å². The van der Waals surface area contributed by atoms with Crippen molar-refractivity contribution in [3.8, 4) is 0 Å². The van der Waals surface area contributed by atoms with Crippen LogP contribution >= 0.6 is 23.4 Å². The van der Waals surface area contributed by atoms with Crippen LogP contribution in [0.2, 0.25) is 5.02 Å². The van der Waals surface area contributed by atoms with E-state index in [9.17, 15) is 19.5 Å². The van der Waals surface area contributed by atoms with Crippen LogP contribution in [0, 0.1) is 11.8 Å². The molecule has 2 saturated heterocycles. The summed E-state index contributed by atoms with van der Waals surface area (Å²) in [6, 6.07) is 6.30. The van der Waals surface area contributed by atoms with E-state index in [1.165, 1.54) is 11.8 Å². The Labute approximate surface area is 214 Å². The molecule has 2 fully saturated rings. The molecule has 0 saturated carbocycles. The number of hydrogen-bond donors (Lipinski definition) is 1. The number of likely N-dealkylation sites (tertiary alicyclic amines) is 1. The lowest BCUT2D eigenvalue weighted by molar-refractivity contribution is -0.154. The molecular formula is C26H29ClN2O5S. The molecule has 5 atom stereocenters. The van der Waals surface area contributed by atoms with E-state index in [0.717, 1.165) is 0 Å². The number of anilines is 1. The molecule has 1 N–H and O–H groups in total. The van der Waals surface area contributed by atoms with Gasteiger partial charge in [-0.15, -0.1) is 11.8 Å². The van der Waals surface area contributed by atoms with Gasteiger partial charge in [0.1, 0.15) is 6.04 Å². The number of carbonyl (C=O) groups excluding carboxylic acids is 3. The molecule has 4 aliphatic rings. The minimum Gasteiger partial charge on any atom is -0.465 e. The molecule has 0 aromatic heterocycles. The smallest absolute Gasteiger partial charge is 0.311 e. The van der Waals surface area contributed by atoms with Crippen LogP contribution in [0.4, 0.5) is 5.69 Å². The molecule has 9 heteroatoms. The minimum absolute atomic E-state index is 0.0125. The summed E-state index contributed by atoms with van der Waals surface area (Å²) in [6.45, 7) is 2.96. The van der Waals surface area contributed by atoms with Crippen molar-refractivity contribution >= 4 is 46.8 Å². The maximum atomic E-state index is 14.2. The number of halogens is 1. The molecule has 4 aliphatic heterocycles. The molecule has 5 rings (SSSR count). The van der Waals surface area contributed by atoms with Crippen LogP contribution in [-0.2, 0) is 19.1 Å². The zero-order valence-corrected chi connectivity index (χ0v) is 21.1. The lowest BCUT2D eigenvalue weighted by atomic mass is 9.74. The van der Waals surface area contributed by atoms with E-state index in [-0.39, 0.29) is 31.0 Å². The maximum Gasteiger partial charge on any atom is 0.311 e. The van der Waals surface area contributed by atoms with Crippen molar-refractivity contribution in [2.45, 2.75) is 41.7 Å². The summed E-state index contributed by atoms with van der Waals surface area (Å²) in [7, 11) is 0. The molecule has 0 aliphatic carbocycles. The van der Waals surface area contributed by atoms with E-state index in [2.05, 4.69) is 0 Å². The highest BCUT2D eigenvalue weighted by atomic mass is 35.5. The Balaban J connectivity index is 1.62. The molecule has 1 aromatic carbocycles. The van der Waals surface area contributed by atoms with Crippen LogP contribution in [-0.4, -0.2) is 69.6 Å². The Kier molecular flexibility index (Phi) is 6.48. The Morgan fingerprint density at radius 1 is 1.09 bits per heavy atom. The first-order valence-corrected chi connectivity index (χ1v) is 13.2. The summed E-state index contributed by atoms with van der Waals surface area (Å²) < 4.78 is 3.97. The lowest BCUT2D eigenvalue weighted by Crippen LogP contribution is -2.53. The number of nitrogens with zero attached hydrogens (tertiary/aromatic N) is 2. The number of aliphatic hydroxyl groups is 1. The van der Waals surface area contributed by atoms with E-state index < -0.39 is 27.4 Å². The first kappa shape index (κ1) is 24.4. The second-order valence-electron chi connectivity index (χ2n) is 9.65. The predicted molar refractivity (Wildman–Crippen MR) is 135 cm³/mol. The number of amides is 2. The summed E-state index contributed by atoms with van der Waals surface area (Å²) in [5.74, 6) is -2.16. The van der Waals surface area contributed by atoms with Gasteiger partial charge in [0, 0.05) is 35.2 Å². The zero-order chi connectivity index (χ0) is 24.8. The second kappa shape index (κ2) is 9.30. The van der Waals surface area contributed by atoms with E-state index in [1.54, 1.807) is 34.1 Å². The molecule has 1 aromatic rings. The molecule has 0 bridgehead atoms.